The largest absolute Gasteiger partial charge is 0.481 e. The Bertz CT molecular complexity index is 294. The van der Waals surface area contributed by atoms with Gasteiger partial charge in [0.25, 0.3) is 0 Å². The van der Waals surface area contributed by atoms with Crippen LogP contribution in [0.25, 0.3) is 0 Å². The molecule has 0 heterocycles. The van der Waals surface area contributed by atoms with Crippen LogP contribution < -0.4 is 0 Å². The highest BCUT2D eigenvalue weighted by molar-refractivity contribution is 5.75. The van der Waals surface area contributed by atoms with Crippen LogP contribution in [0.15, 0.2) is 0 Å². The molecule has 1 N–H and O–H groups in total. The molecule has 1 saturated carbocycles. The maximum absolute atomic E-state index is 12.8. The summed E-state index contributed by atoms with van der Waals surface area (Å²) in [4.78, 5) is 10.5. The van der Waals surface area contributed by atoms with Crippen molar-refractivity contribution in [2.75, 3.05) is 0 Å². The molecule has 1 fully saturated rings. The highest BCUT2D eigenvalue weighted by atomic mass is 19.4. The van der Waals surface area contributed by atoms with Gasteiger partial charge >= 0.3 is 18.1 Å². The summed E-state index contributed by atoms with van der Waals surface area (Å²) in [5.41, 5.74) is -1.52. The lowest BCUT2D eigenvalue weighted by molar-refractivity contribution is -0.294. The molecule has 0 amide bonds. The van der Waals surface area contributed by atoms with Crippen molar-refractivity contribution in [2.45, 2.75) is 25.9 Å². The minimum atomic E-state index is -5.70. The third-order valence-corrected chi connectivity index (χ3v) is 2.86. The molecule has 0 aliphatic heterocycles. The highest BCUT2D eigenvalue weighted by Gasteiger charge is 2.79. The molecule has 0 saturated heterocycles. The first kappa shape index (κ1) is 12.2. The molecule has 0 aromatic rings. The smallest absolute Gasteiger partial charge is 0.453 e. The van der Waals surface area contributed by atoms with E-state index in [-0.39, 0.29) is 0 Å². The fourth-order valence-corrected chi connectivity index (χ4v) is 1.95. The van der Waals surface area contributed by atoms with Crippen LogP contribution in [-0.2, 0) is 4.79 Å². The lowest BCUT2D eigenvalue weighted by atomic mass is 10.1. The maximum Gasteiger partial charge on any atom is 0.453 e. The van der Waals surface area contributed by atoms with Crippen LogP contribution in [0.4, 0.5) is 22.0 Å². The quantitative estimate of drug-likeness (QED) is 0.743. The normalized spacial score (nSPS) is 30.1. The van der Waals surface area contributed by atoms with Crippen LogP contribution in [0.5, 0.6) is 0 Å². The standard InChI is InChI=1S/C8H9F5O2/c1-6(2)3(5(14)15)4(6)7(9,10)8(11,12)13/h3-4H,1-2H3,(H,14,15). The molecule has 2 nitrogen and oxygen atoms in total. The van der Waals surface area contributed by atoms with Gasteiger partial charge in [0.05, 0.1) is 11.8 Å². The zero-order chi connectivity index (χ0) is 12.2. The van der Waals surface area contributed by atoms with E-state index in [2.05, 4.69) is 0 Å². The molecule has 1 rings (SSSR count). The van der Waals surface area contributed by atoms with Crippen LogP contribution >= 0.6 is 0 Å². The van der Waals surface area contributed by atoms with Gasteiger partial charge in [-0.3, -0.25) is 4.79 Å². The number of carbonyl (C=O) groups is 1. The molecule has 0 aromatic carbocycles. The van der Waals surface area contributed by atoms with Gasteiger partial charge in [-0.15, -0.1) is 0 Å². The first-order valence-electron chi connectivity index (χ1n) is 4.11. The van der Waals surface area contributed by atoms with Crippen molar-refractivity contribution in [1.29, 1.82) is 0 Å². The fourth-order valence-electron chi connectivity index (χ4n) is 1.95. The Hall–Kier alpha value is -0.880. The molecule has 88 valence electrons. The second-order valence-corrected chi connectivity index (χ2v) is 4.24. The van der Waals surface area contributed by atoms with Crippen LogP contribution in [0, 0.1) is 17.3 Å². The minimum Gasteiger partial charge on any atom is -0.481 e. The summed E-state index contributed by atoms with van der Waals surface area (Å²) in [5, 5.41) is 8.49. The molecular weight excluding hydrogens is 223 g/mol. The second kappa shape index (κ2) is 2.82. The van der Waals surface area contributed by atoms with Crippen molar-refractivity contribution in [3.8, 4) is 0 Å². The molecule has 0 aromatic heterocycles. The third kappa shape index (κ3) is 1.57. The second-order valence-electron chi connectivity index (χ2n) is 4.24. The van der Waals surface area contributed by atoms with Crippen molar-refractivity contribution >= 4 is 5.97 Å². The SMILES string of the molecule is CC1(C)C(C(=O)O)C1C(F)(F)C(F)(F)F. The van der Waals surface area contributed by atoms with Gasteiger partial charge in [0.15, 0.2) is 0 Å². The number of carboxylic acid groups (broad SMARTS) is 1. The Labute approximate surface area is 82.1 Å². The lowest BCUT2D eigenvalue weighted by Crippen LogP contribution is -2.40. The zero-order valence-electron chi connectivity index (χ0n) is 7.90. The van der Waals surface area contributed by atoms with Gasteiger partial charge in [-0.2, -0.15) is 22.0 Å². The van der Waals surface area contributed by atoms with E-state index in [1.54, 1.807) is 0 Å². The third-order valence-electron chi connectivity index (χ3n) is 2.86. The van der Waals surface area contributed by atoms with Crippen molar-refractivity contribution in [1.82, 2.24) is 0 Å². The zero-order valence-corrected chi connectivity index (χ0v) is 7.90. The number of hydrogen-bond donors (Lipinski definition) is 1. The summed E-state index contributed by atoms with van der Waals surface area (Å²) >= 11 is 0. The summed E-state index contributed by atoms with van der Waals surface area (Å²) in [6.45, 7) is 2.19. The number of carboxylic acids is 1. The predicted molar refractivity (Wildman–Crippen MR) is 39.4 cm³/mol. The van der Waals surface area contributed by atoms with Crippen LogP contribution in [0.2, 0.25) is 0 Å². The average molecular weight is 232 g/mol. The van der Waals surface area contributed by atoms with E-state index in [9.17, 15) is 26.7 Å². The van der Waals surface area contributed by atoms with Crippen LogP contribution in [0.1, 0.15) is 13.8 Å². The number of hydrogen-bond acceptors (Lipinski definition) is 1. The fraction of sp³-hybridized carbons (Fsp3) is 0.875. The van der Waals surface area contributed by atoms with E-state index in [0.29, 0.717) is 0 Å². The van der Waals surface area contributed by atoms with Crippen molar-refractivity contribution < 1.29 is 31.9 Å². The minimum absolute atomic E-state index is 1.09. The molecule has 0 bridgehead atoms. The van der Waals surface area contributed by atoms with Crippen LogP contribution in [0.3, 0.4) is 0 Å². The van der Waals surface area contributed by atoms with E-state index in [1.165, 1.54) is 0 Å². The molecule has 0 radical (unpaired) electrons. The first-order valence-corrected chi connectivity index (χ1v) is 4.11. The van der Waals surface area contributed by atoms with Gasteiger partial charge < -0.3 is 5.11 Å². The van der Waals surface area contributed by atoms with E-state index in [0.717, 1.165) is 13.8 Å². The molecule has 1 aliphatic carbocycles. The van der Waals surface area contributed by atoms with Gasteiger partial charge in [-0.25, -0.2) is 0 Å². The molecule has 1 aliphatic rings. The molecular formula is C8H9F5O2. The monoisotopic (exact) mass is 232 g/mol. The van der Waals surface area contributed by atoms with Crippen molar-refractivity contribution in [2.24, 2.45) is 17.3 Å². The molecule has 2 unspecified atom stereocenters. The number of alkyl halides is 5. The van der Waals surface area contributed by atoms with Gasteiger partial charge in [-0.05, 0) is 5.41 Å². The van der Waals surface area contributed by atoms with Crippen LogP contribution in [-0.4, -0.2) is 23.2 Å². The molecule has 2 atom stereocenters. The van der Waals surface area contributed by atoms with Crippen molar-refractivity contribution in [3.05, 3.63) is 0 Å². The number of aliphatic carboxylic acids is 1. The maximum atomic E-state index is 12.8. The Morgan fingerprint density at radius 3 is 1.80 bits per heavy atom. The van der Waals surface area contributed by atoms with Gasteiger partial charge in [-0.1, -0.05) is 13.8 Å². The Morgan fingerprint density at radius 2 is 1.60 bits per heavy atom. The average Bonchev–Trinajstić information content (AvgIpc) is 2.51. The Balaban J connectivity index is 2.98. The Kier molecular flexibility index (Phi) is 2.30. The van der Waals surface area contributed by atoms with Gasteiger partial charge in [0.1, 0.15) is 0 Å². The summed E-state index contributed by atoms with van der Waals surface area (Å²) in [6, 6.07) is 0. The topological polar surface area (TPSA) is 37.3 Å². The summed E-state index contributed by atoms with van der Waals surface area (Å²) in [5.74, 6) is -10.4. The lowest BCUT2D eigenvalue weighted by Gasteiger charge is -2.20. The van der Waals surface area contributed by atoms with E-state index >= 15 is 0 Å². The molecule has 7 heteroatoms. The summed E-state index contributed by atoms with van der Waals surface area (Å²) in [6.07, 6.45) is -5.70. The van der Waals surface area contributed by atoms with E-state index in [4.69, 9.17) is 5.11 Å². The van der Waals surface area contributed by atoms with Crippen molar-refractivity contribution in [3.63, 3.8) is 0 Å². The van der Waals surface area contributed by atoms with Gasteiger partial charge in [0, 0.05) is 0 Å². The van der Waals surface area contributed by atoms with E-state index in [1.807, 2.05) is 0 Å². The first-order chi connectivity index (χ1) is 6.44. The number of halogens is 5. The predicted octanol–water partition coefficient (Wildman–Crippen LogP) is 2.54. The number of rotatable bonds is 2. The van der Waals surface area contributed by atoms with E-state index < -0.39 is 35.3 Å². The molecule has 0 spiro atoms. The van der Waals surface area contributed by atoms with Gasteiger partial charge in [0.2, 0.25) is 0 Å². The highest BCUT2D eigenvalue weighted by Crippen LogP contribution is 2.67. The summed E-state index contributed by atoms with van der Waals surface area (Å²) in [7, 11) is 0. The molecule has 15 heavy (non-hydrogen) atoms. The summed E-state index contributed by atoms with van der Waals surface area (Å²) < 4.78 is 61.6. The Morgan fingerprint density at radius 1 is 1.20 bits per heavy atom.